The zero-order chi connectivity index (χ0) is 21.9. The quantitative estimate of drug-likeness (QED) is 0.623. The molecule has 3 rings (SSSR count). The smallest absolute Gasteiger partial charge is 0.410 e. The molecular weight excluding hydrogens is 418 g/mol. The first-order valence-corrected chi connectivity index (χ1v) is 12.6. The normalized spacial score (nSPS) is 16.4. The van der Waals surface area contributed by atoms with E-state index in [1.807, 2.05) is 52.1 Å². The molecule has 164 valence electrons. The second-order valence-corrected chi connectivity index (χ2v) is 11.0. The van der Waals surface area contributed by atoms with Crippen molar-refractivity contribution >= 4 is 34.3 Å². The Balaban J connectivity index is 1.53. The summed E-state index contributed by atoms with van der Waals surface area (Å²) < 4.78 is 17.0. The maximum absolute atomic E-state index is 12.2. The predicted octanol–water partition coefficient (Wildman–Crippen LogP) is 4.63. The fourth-order valence-electron chi connectivity index (χ4n) is 3.44. The zero-order valence-electron chi connectivity index (χ0n) is 18.4. The topological polar surface area (TPSA) is 68.7 Å². The van der Waals surface area contributed by atoms with Gasteiger partial charge in [0.1, 0.15) is 11.9 Å². The van der Waals surface area contributed by atoms with Crippen molar-refractivity contribution in [2.45, 2.75) is 56.6 Å². The number of anilines is 1. The average molecular weight is 450 g/mol. The van der Waals surface area contributed by atoms with Gasteiger partial charge in [0.15, 0.2) is 4.90 Å². The van der Waals surface area contributed by atoms with Gasteiger partial charge in [-0.25, -0.2) is 9.78 Å². The second-order valence-electron chi connectivity index (χ2n) is 8.72. The van der Waals surface area contributed by atoms with Gasteiger partial charge in [-0.2, -0.15) is 0 Å². The number of rotatable bonds is 5. The van der Waals surface area contributed by atoms with E-state index in [0.29, 0.717) is 19.0 Å². The molecule has 1 aromatic carbocycles. The van der Waals surface area contributed by atoms with Crippen LogP contribution in [0, 0.1) is 0 Å². The van der Waals surface area contributed by atoms with Gasteiger partial charge in [-0.3, -0.25) is 0 Å². The van der Waals surface area contributed by atoms with Gasteiger partial charge in [-0.1, -0.05) is 0 Å². The van der Waals surface area contributed by atoms with Gasteiger partial charge in [0.2, 0.25) is 0 Å². The van der Waals surface area contributed by atoms with Crippen LogP contribution in [-0.2, 0) is 22.5 Å². The van der Waals surface area contributed by atoms with Gasteiger partial charge in [0, 0.05) is 37.1 Å². The largest absolute Gasteiger partial charge is 0.612 e. The van der Waals surface area contributed by atoms with E-state index in [4.69, 9.17) is 9.72 Å². The van der Waals surface area contributed by atoms with Crippen LogP contribution >= 0.6 is 11.3 Å². The van der Waals surface area contributed by atoms with Crippen molar-refractivity contribution in [2.75, 3.05) is 31.3 Å². The summed E-state index contributed by atoms with van der Waals surface area (Å²) in [5.74, 6) is 0.395. The van der Waals surface area contributed by atoms with Gasteiger partial charge in [0.05, 0.1) is 17.2 Å². The van der Waals surface area contributed by atoms with Crippen molar-refractivity contribution in [1.29, 1.82) is 0 Å². The molecule has 6 nitrogen and oxygen atoms in total. The first kappa shape index (κ1) is 22.9. The molecule has 1 fully saturated rings. The molecule has 2 aromatic rings. The number of carbonyl (C=O) groups is 1. The Bertz CT molecular complexity index is 838. The highest BCUT2D eigenvalue weighted by molar-refractivity contribution is 7.90. The van der Waals surface area contributed by atoms with E-state index < -0.39 is 16.8 Å². The molecule has 1 aliphatic rings. The fourth-order valence-corrected chi connectivity index (χ4v) is 4.95. The summed E-state index contributed by atoms with van der Waals surface area (Å²) in [6.45, 7) is 7.82. The lowest BCUT2D eigenvalue weighted by molar-refractivity contribution is 0.0204. The minimum Gasteiger partial charge on any atom is -0.612 e. The van der Waals surface area contributed by atoms with Crippen LogP contribution in [0.25, 0.3) is 0 Å². The van der Waals surface area contributed by atoms with Gasteiger partial charge >= 0.3 is 6.09 Å². The van der Waals surface area contributed by atoms with Gasteiger partial charge in [-0.05, 0) is 69.1 Å². The van der Waals surface area contributed by atoms with Crippen LogP contribution in [0.1, 0.15) is 50.2 Å². The minimum atomic E-state index is -0.961. The van der Waals surface area contributed by atoms with Crippen molar-refractivity contribution in [3.8, 4) is 0 Å². The molecular formula is C22H31N3O3S2. The lowest BCUT2D eigenvalue weighted by Crippen LogP contribution is -2.41. The molecule has 30 heavy (non-hydrogen) atoms. The maximum Gasteiger partial charge on any atom is 0.410 e. The number of aromatic nitrogens is 1. The molecule has 1 atom stereocenters. The number of hydrogen-bond donors (Lipinski definition) is 0. The van der Waals surface area contributed by atoms with Crippen molar-refractivity contribution in [1.82, 2.24) is 9.88 Å². The molecule has 1 amide bonds. The van der Waals surface area contributed by atoms with Crippen LogP contribution in [0.2, 0.25) is 0 Å². The van der Waals surface area contributed by atoms with E-state index in [0.717, 1.165) is 40.7 Å². The fraction of sp³-hybridized carbons (Fsp3) is 0.545. The van der Waals surface area contributed by atoms with E-state index in [2.05, 4.69) is 10.3 Å². The van der Waals surface area contributed by atoms with Crippen LogP contribution < -0.4 is 4.90 Å². The molecule has 0 aliphatic carbocycles. The molecule has 0 saturated carbocycles. The number of benzene rings is 1. The highest BCUT2D eigenvalue weighted by Crippen LogP contribution is 2.31. The molecule has 0 bridgehead atoms. The summed E-state index contributed by atoms with van der Waals surface area (Å²) >= 11 is 0.746. The lowest BCUT2D eigenvalue weighted by Gasteiger charge is -2.32. The highest BCUT2D eigenvalue weighted by Gasteiger charge is 2.28. The lowest BCUT2D eigenvalue weighted by atomic mass is 9.98. The van der Waals surface area contributed by atoms with E-state index >= 15 is 0 Å². The third-order valence-electron chi connectivity index (χ3n) is 5.07. The number of likely N-dealkylation sites (tertiary alicyclic amines) is 1. The van der Waals surface area contributed by atoms with Gasteiger partial charge in [0.25, 0.3) is 0 Å². The Hall–Kier alpha value is -1.77. The minimum absolute atomic E-state index is 0.222. The van der Waals surface area contributed by atoms with Crippen molar-refractivity contribution < 1.29 is 14.1 Å². The highest BCUT2D eigenvalue weighted by atomic mass is 32.2. The number of piperidine rings is 1. The molecule has 8 heteroatoms. The Morgan fingerprint density at radius 1 is 1.30 bits per heavy atom. The summed E-state index contributed by atoms with van der Waals surface area (Å²) in [5, 5.41) is 3.28. The van der Waals surface area contributed by atoms with Crippen LogP contribution in [-0.4, -0.2) is 52.5 Å². The van der Waals surface area contributed by atoms with Crippen LogP contribution in [0.3, 0.4) is 0 Å². The number of thiazole rings is 1. The Labute approximate surface area is 186 Å². The molecule has 0 spiro atoms. The van der Waals surface area contributed by atoms with Crippen LogP contribution in [0.15, 0.2) is 34.5 Å². The average Bonchev–Trinajstić information content (AvgIpc) is 3.15. The van der Waals surface area contributed by atoms with E-state index in [9.17, 15) is 9.35 Å². The Morgan fingerprint density at radius 3 is 2.50 bits per heavy atom. The summed E-state index contributed by atoms with van der Waals surface area (Å²) in [4.78, 5) is 21.9. The SMILES string of the molecule is CN(Cc1csc(C2CCN(C(=O)OC(C)(C)C)CC2)n1)c1ccc([S+](C)[O-])cc1. The third-order valence-corrected chi connectivity index (χ3v) is 7.07. The Morgan fingerprint density at radius 2 is 1.93 bits per heavy atom. The van der Waals surface area contributed by atoms with Gasteiger partial charge < -0.3 is 19.1 Å². The second kappa shape index (κ2) is 9.58. The molecule has 1 unspecified atom stereocenters. The maximum atomic E-state index is 12.2. The number of ether oxygens (including phenoxy) is 1. The summed E-state index contributed by atoms with van der Waals surface area (Å²) in [6, 6.07) is 7.81. The van der Waals surface area contributed by atoms with Crippen LogP contribution in [0.5, 0.6) is 0 Å². The Kier molecular flexibility index (Phi) is 7.31. The molecule has 0 N–H and O–H groups in total. The predicted molar refractivity (Wildman–Crippen MR) is 123 cm³/mol. The summed E-state index contributed by atoms with van der Waals surface area (Å²) in [5.41, 5.74) is 1.66. The van der Waals surface area contributed by atoms with E-state index in [-0.39, 0.29) is 6.09 Å². The van der Waals surface area contributed by atoms with Crippen molar-refractivity contribution in [2.24, 2.45) is 0 Å². The van der Waals surface area contributed by atoms with Crippen molar-refractivity contribution in [3.63, 3.8) is 0 Å². The first-order valence-electron chi connectivity index (χ1n) is 10.2. The number of carbonyl (C=O) groups excluding carboxylic acids is 1. The monoisotopic (exact) mass is 449 g/mol. The van der Waals surface area contributed by atoms with Crippen LogP contribution in [0.4, 0.5) is 10.5 Å². The number of nitrogens with zero attached hydrogens (tertiary/aromatic N) is 3. The van der Waals surface area contributed by atoms with Gasteiger partial charge in [-0.15, -0.1) is 11.3 Å². The molecule has 0 radical (unpaired) electrons. The van der Waals surface area contributed by atoms with E-state index in [1.54, 1.807) is 22.5 Å². The standard InChI is InChI=1S/C22H31N3O3S2/c1-22(2,3)28-21(26)25-12-10-16(11-13-25)20-23-17(15-29-20)14-24(4)18-6-8-19(9-7-18)30(5)27/h6-9,15-16H,10-14H2,1-5H3. The van der Waals surface area contributed by atoms with Crippen molar-refractivity contribution in [3.05, 3.63) is 40.3 Å². The van der Waals surface area contributed by atoms with E-state index in [1.165, 1.54) is 0 Å². The molecule has 1 aromatic heterocycles. The summed E-state index contributed by atoms with van der Waals surface area (Å²) in [7, 11) is 2.04. The number of hydrogen-bond acceptors (Lipinski definition) is 6. The third kappa shape index (κ3) is 6.12. The number of amides is 1. The summed E-state index contributed by atoms with van der Waals surface area (Å²) in [6.07, 6.45) is 3.29. The molecule has 1 aliphatic heterocycles. The zero-order valence-corrected chi connectivity index (χ0v) is 20.0. The molecule has 1 saturated heterocycles. The molecule has 2 heterocycles. The first-order chi connectivity index (χ1) is 14.1.